The van der Waals surface area contributed by atoms with Crippen molar-refractivity contribution in [2.24, 2.45) is 0 Å². The predicted octanol–water partition coefficient (Wildman–Crippen LogP) is 0.0276. The molecule has 1 unspecified atom stereocenters. The van der Waals surface area contributed by atoms with Crippen molar-refractivity contribution < 1.29 is 19.4 Å². The van der Waals surface area contributed by atoms with Crippen molar-refractivity contribution in [3.05, 3.63) is 0 Å². The van der Waals surface area contributed by atoms with Gasteiger partial charge in [-0.3, -0.25) is 0 Å². The first-order valence-electron chi connectivity index (χ1n) is 1.33. The number of carboxylic acid groups (broad SMARTS) is 1. The van der Waals surface area contributed by atoms with E-state index in [1.807, 2.05) is 0 Å². The molecule has 0 aliphatic rings. The first-order chi connectivity index (χ1) is 3.13. The van der Waals surface area contributed by atoms with E-state index in [1.165, 1.54) is 0 Å². The molecule has 0 amide bonds. The molecule has 0 rings (SSSR count). The fourth-order valence-corrected chi connectivity index (χ4v) is 0.187. The van der Waals surface area contributed by atoms with E-state index in [0.717, 1.165) is 0 Å². The molecule has 0 heterocycles. The minimum absolute atomic E-state index is 0. The number of rotatable bonds is 0. The van der Waals surface area contributed by atoms with E-state index in [2.05, 4.69) is 4.74 Å². The Labute approximate surface area is 70.1 Å². The van der Waals surface area contributed by atoms with Crippen molar-refractivity contribution in [1.82, 2.24) is 0 Å². The van der Waals surface area contributed by atoms with Crippen LogP contribution in [0.15, 0.2) is 0 Å². The molecule has 4 nitrogen and oxygen atoms in total. The van der Waals surface area contributed by atoms with Gasteiger partial charge in [0, 0.05) is 0 Å². The number of carbonyl (C=O) groups excluding carboxylic acids is 1. The van der Waals surface area contributed by atoms with E-state index in [-0.39, 0.29) is 29.6 Å². The molecular weight excluding hydrogens is 142 g/mol. The topological polar surface area (TPSA) is 63.6 Å². The zero-order valence-electron chi connectivity index (χ0n) is 3.25. The van der Waals surface area contributed by atoms with Crippen LogP contribution in [0.1, 0.15) is 0 Å². The van der Waals surface area contributed by atoms with Crippen molar-refractivity contribution in [1.29, 1.82) is 0 Å². The van der Waals surface area contributed by atoms with Crippen LogP contribution in [-0.2, 0) is 4.74 Å². The predicted molar refractivity (Wildman–Crippen MR) is 31.4 cm³/mol. The van der Waals surface area contributed by atoms with Crippen LogP contribution < -0.4 is 0 Å². The molecule has 0 spiro atoms. The van der Waals surface area contributed by atoms with Crippen LogP contribution >= 0.6 is 9.24 Å². The van der Waals surface area contributed by atoms with Gasteiger partial charge in [0.2, 0.25) is 0 Å². The zero-order chi connectivity index (χ0) is 5.86. The monoisotopic (exact) mass is 146 g/mol. The molecule has 1 N–H and O–H groups in total. The summed E-state index contributed by atoms with van der Waals surface area (Å²) in [6.45, 7) is 0. The van der Waals surface area contributed by atoms with Gasteiger partial charge in [-0.25, -0.2) is 9.59 Å². The van der Waals surface area contributed by atoms with Crippen LogP contribution in [0, 0.1) is 0 Å². The summed E-state index contributed by atoms with van der Waals surface area (Å²) in [5.41, 5.74) is -0.896. The maximum absolute atomic E-state index is 9.61. The summed E-state index contributed by atoms with van der Waals surface area (Å²) >= 11 is 0. The number of hydrogen-bond donors (Lipinski definition) is 1. The molecule has 42 valence electrons. The van der Waals surface area contributed by atoms with Gasteiger partial charge in [-0.2, -0.15) is 0 Å². The molecule has 0 bridgehead atoms. The number of ether oxygens (including phenoxy) is 1. The molecule has 1 atom stereocenters. The van der Waals surface area contributed by atoms with Gasteiger partial charge >= 0.3 is 41.4 Å². The Hall–Kier alpha value is 0.370. The standard InChI is InChI=1S/C2H3O4P.Na.H/c3-1(4)6-2(5)7;;/h7H2,(H,3,4);;. The summed E-state index contributed by atoms with van der Waals surface area (Å²) in [6, 6.07) is 0. The Balaban J connectivity index is 0. The van der Waals surface area contributed by atoms with Crippen molar-refractivity contribution in [2.75, 3.05) is 0 Å². The van der Waals surface area contributed by atoms with Gasteiger partial charge < -0.3 is 9.84 Å². The normalized spacial score (nSPS) is 6.62. The average Bonchev–Trinajstić information content (AvgIpc) is 1.27. The third-order valence-electron chi connectivity index (χ3n) is 0.188. The molecule has 0 saturated carbocycles. The summed E-state index contributed by atoms with van der Waals surface area (Å²) in [4.78, 5) is 19.0. The Kier molecular flexibility index (Phi) is 7.71. The number of hydrogen-bond acceptors (Lipinski definition) is 3. The Morgan fingerprint density at radius 1 is 1.50 bits per heavy atom. The minimum atomic E-state index is -1.58. The van der Waals surface area contributed by atoms with Gasteiger partial charge in [-0.15, -0.1) is 0 Å². The Bertz CT molecular complexity index is 90.2. The van der Waals surface area contributed by atoms with Gasteiger partial charge in [0.15, 0.2) is 0 Å². The van der Waals surface area contributed by atoms with Gasteiger partial charge in [-0.1, -0.05) is 0 Å². The summed E-state index contributed by atoms with van der Waals surface area (Å²) in [6.07, 6.45) is -1.58. The number of carbonyl (C=O) groups is 2. The molecule has 0 aliphatic heterocycles. The third-order valence-corrected chi connectivity index (χ3v) is 0.306. The van der Waals surface area contributed by atoms with E-state index in [0.29, 0.717) is 0 Å². The molecular formula is C2H4NaO4P. The fourth-order valence-electron chi connectivity index (χ4n) is 0.0861. The Morgan fingerprint density at radius 3 is 1.88 bits per heavy atom. The van der Waals surface area contributed by atoms with Crippen molar-refractivity contribution in [2.45, 2.75) is 0 Å². The van der Waals surface area contributed by atoms with Gasteiger partial charge in [0.25, 0.3) is 0 Å². The van der Waals surface area contributed by atoms with Gasteiger partial charge in [0.05, 0.1) is 0 Å². The second-order valence-corrected chi connectivity index (χ2v) is 1.16. The molecule has 0 aromatic rings. The second-order valence-electron chi connectivity index (χ2n) is 0.687. The summed E-state index contributed by atoms with van der Waals surface area (Å²) in [5, 5.41) is 7.63. The van der Waals surface area contributed by atoms with Crippen molar-refractivity contribution in [3.8, 4) is 0 Å². The van der Waals surface area contributed by atoms with E-state index < -0.39 is 11.9 Å². The van der Waals surface area contributed by atoms with Crippen LogP contribution in [0.2, 0.25) is 0 Å². The van der Waals surface area contributed by atoms with Gasteiger partial charge in [0.1, 0.15) is 0 Å². The second kappa shape index (κ2) is 5.51. The first-order valence-corrected chi connectivity index (χ1v) is 1.91. The summed E-state index contributed by atoms with van der Waals surface area (Å²) < 4.78 is 3.49. The SMILES string of the molecule is O=C(O)OC(=O)P.[NaH]. The molecule has 0 aromatic carbocycles. The van der Waals surface area contributed by atoms with Crippen LogP contribution in [0.5, 0.6) is 0 Å². The zero-order valence-corrected chi connectivity index (χ0v) is 4.40. The average molecular weight is 146 g/mol. The van der Waals surface area contributed by atoms with Crippen LogP contribution in [-0.4, -0.2) is 46.5 Å². The van der Waals surface area contributed by atoms with E-state index >= 15 is 0 Å². The first kappa shape index (κ1) is 11.2. The van der Waals surface area contributed by atoms with Crippen LogP contribution in [0.4, 0.5) is 9.59 Å². The molecule has 8 heavy (non-hydrogen) atoms. The molecule has 6 heteroatoms. The summed E-state index contributed by atoms with van der Waals surface area (Å²) in [5.74, 6) is 0. The van der Waals surface area contributed by atoms with E-state index in [4.69, 9.17) is 5.11 Å². The summed E-state index contributed by atoms with van der Waals surface area (Å²) in [7, 11) is 1.56. The molecule has 0 fully saturated rings. The van der Waals surface area contributed by atoms with E-state index in [1.54, 1.807) is 9.24 Å². The van der Waals surface area contributed by atoms with Crippen molar-refractivity contribution >= 4 is 50.7 Å². The third kappa shape index (κ3) is 9.62. The molecule has 0 aliphatic carbocycles. The molecule has 0 aromatic heterocycles. The fraction of sp³-hybridized carbons (Fsp3) is 0. The van der Waals surface area contributed by atoms with Crippen molar-refractivity contribution in [3.63, 3.8) is 0 Å². The quantitative estimate of drug-likeness (QED) is 0.226. The maximum atomic E-state index is 9.61. The van der Waals surface area contributed by atoms with Gasteiger partial charge in [-0.05, 0) is 9.24 Å². The van der Waals surface area contributed by atoms with Crippen LogP contribution in [0.25, 0.3) is 0 Å². The van der Waals surface area contributed by atoms with E-state index in [9.17, 15) is 9.59 Å². The molecule has 0 radical (unpaired) electrons. The Morgan fingerprint density at radius 2 is 1.88 bits per heavy atom. The molecule has 0 saturated heterocycles. The van der Waals surface area contributed by atoms with Crippen LogP contribution in [0.3, 0.4) is 0 Å².